The molecule has 0 aliphatic heterocycles. The lowest BCUT2D eigenvalue weighted by atomic mass is 9.90. The molecule has 0 atom stereocenters. The molecule has 0 unspecified atom stereocenters. The van der Waals surface area contributed by atoms with Crippen molar-refractivity contribution in [3.05, 3.63) is 102 Å². The van der Waals surface area contributed by atoms with Crippen molar-refractivity contribution in [3.8, 4) is 17.1 Å². The summed E-state index contributed by atoms with van der Waals surface area (Å²) in [6.45, 7) is 0. The Kier molecular flexibility index (Phi) is 4.69. The van der Waals surface area contributed by atoms with Crippen molar-refractivity contribution in [1.29, 1.82) is 0 Å². The van der Waals surface area contributed by atoms with Crippen molar-refractivity contribution in [3.63, 3.8) is 0 Å². The molecule has 0 N–H and O–H groups in total. The Morgan fingerprint density at radius 1 is 0.875 bits per heavy atom. The lowest BCUT2D eigenvalue weighted by molar-refractivity contribution is 0.627. The minimum absolute atomic E-state index is 0.748. The first-order valence-corrected chi connectivity index (χ1v) is 11.1. The summed E-state index contributed by atoms with van der Waals surface area (Å²) in [5, 5.41) is 5.94. The first-order chi connectivity index (χ1) is 15.8. The van der Waals surface area contributed by atoms with Gasteiger partial charge in [-0.2, -0.15) is 5.10 Å². The smallest absolute Gasteiger partial charge is 0.156 e. The van der Waals surface area contributed by atoms with E-state index in [9.17, 15) is 0 Å². The van der Waals surface area contributed by atoms with Gasteiger partial charge >= 0.3 is 0 Å². The van der Waals surface area contributed by atoms with Crippen molar-refractivity contribution >= 4 is 22.9 Å². The van der Waals surface area contributed by atoms with Crippen molar-refractivity contribution in [2.45, 2.75) is 25.7 Å². The molecule has 2 heterocycles. The van der Waals surface area contributed by atoms with Gasteiger partial charge in [0, 0.05) is 23.4 Å². The van der Waals surface area contributed by atoms with Gasteiger partial charge in [-0.05, 0) is 67.1 Å². The van der Waals surface area contributed by atoms with Gasteiger partial charge in [0.15, 0.2) is 5.76 Å². The lowest BCUT2D eigenvalue weighted by Gasteiger charge is -2.16. The number of para-hydroxylation sites is 2. The van der Waals surface area contributed by atoms with Gasteiger partial charge in [0.2, 0.25) is 0 Å². The number of rotatable bonds is 4. The van der Waals surface area contributed by atoms with Crippen LogP contribution in [0.25, 0.3) is 28.1 Å². The number of fused-ring (bicyclic) bond motifs is 2. The SMILES string of the molecule is C(=Nc1cccc2c1CCCC2)c1cn(-c2ccccc2)nc1-c1cc2ccccc2o1. The van der Waals surface area contributed by atoms with Gasteiger partial charge in [0.25, 0.3) is 0 Å². The van der Waals surface area contributed by atoms with E-state index >= 15 is 0 Å². The summed E-state index contributed by atoms with van der Waals surface area (Å²) in [5.41, 5.74) is 7.46. The molecule has 32 heavy (non-hydrogen) atoms. The van der Waals surface area contributed by atoms with Crippen LogP contribution in [0.4, 0.5) is 5.69 Å². The van der Waals surface area contributed by atoms with Gasteiger partial charge in [-0.15, -0.1) is 0 Å². The standard InChI is InChI=1S/C28H23N3O/c1-2-12-23(13-3-1)31-19-22(18-29-25-15-8-11-20-9-4-6-14-24(20)25)28(30-31)27-17-21-10-5-7-16-26(21)32-27/h1-3,5,7-8,10-13,15-19H,4,6,9,14H2. The highest BCUT2D eigenvalue weighted by Crippen LogP contribution is 2.32. The first-order valence-electron chi connectivity index (χ1n) is 11.1. The summed E-state index contributed by atoms with van der Waals surface area (Å²) in [4.78, 5) is 4.92. The second-order valence-electron chi connectivity index (χ2n) is 8.24. The summed E-state index contributed by atoms with van der Waals surface area (Å²) >= 11 is 0. The maximum absolute atomic E-state index is 6.15. The normalized spacial score (nSPS) is 13.6. The molecule has 0 fully saturated rings. The Hall–Kier alpha value is -3.92. The van der Waals surface area contributed by atoms with E-state index in [-0.39, 0.29) is 0 Å². The molecule has 6 rings (SSSR count). The molecule has 3 aromatic carbocycles. The van der Waals surface area contributed by atoms with E-state index in [1.54, 1.807) is 0 Å². The molecule has 1 aliphatic rings. The van der Waals surface area contributed by atoms with E-state index in [4.69, 9.17) is 14.5 Å². The average Bonchev–Trinajstić information content (AvgIpc) is 3.47. The number of nitrogens with zero attached hydrogens (tertiary/aromatic N) is 3. The fourth-order valence-electron chi connectivity index (χ4n) is 4.51. The minimum atomic E-state index is 0.748. The zero-order valence-corrected chi connectivity index (χ0v) is 17.7. The van der Waals surface area contributed by atoms with E-state index in [1.165, 1.54) is 24.0 Å². The first kappa shape index (κ1) is 18.8. The van der Waals surface area contributed by atoms with Crippen LogP contribution in [0.15, 0.2) is 94.5 Å². The Morgan fingerprint density at radius 3 is 2.62 bits per heavy atom. The van der Waals surface area contributed by atoms with E-state index < -0.39 is 0 Å². The number of aliphatic imine (C=N–C) groups is 1. The molecule has 156 valence electrons. The predicted molar refractivity (Wildman–Crippen MR) is 129 cm³/mol. The Balaban J connectivity index is 1.46. The van der Waals surface area contributed by atoms with Crippen LogP contribution in [0, 0.1) is 0 Å². The van der Waals surface area contributed by atoms with Crippen molar-refractivity contribution < 1.29 is 4.42 Å². The van der Waals surface area contributed by atoms with E-state index in [2.05, 4.69) is 30.3 Å². The van der Waals surface area contributed by atoms with Crippen LogP contribution in [0.5, 0.6) is 0 Å². The number of hydrogen-bond acceptors (Lipinski definition) is 3. The predicted octanol–water partition coefficient (Wildman–Crippen LogP) is 6.91. The van der Waals surface area contributed by atoms with Crippen LogP contribution in [-0.4, -0.2) is 16.0 Å². The van der Waals surface area contributed by atoms with Crippen molar-refractivity contribution in [2.24, 2.45) is 4.99 Å². The number of benzene rings is 3. The van der Waals surface area contributed by atoms with E-state index in [0.717, 1.165) is 52.2 Å². The maximum atomic E-state index is 6.15. The van der Waals surface area contributed by atoms with Gasteiger partial charge in [-0.25, -0.2) is 4.68 Å². The third-order valence-corrected chi connectivity index (χ3v) is 6.14. The molecule has 0 spiro atoms. The summed E-state index contributed by atoms with van der Waals surface area (Å²) in [6.07, 6.45) is 8.70. The third kappa shape index (κ3) is 3.44. The second-order valence-corrected chi connectivity index (χ2v) is 8.24. The van der Waals surface area contributed by atoms with Gasteiger partial charge < -0.3 is 4.42 Å². The number of aromatic nitrogens is 2. The summed E-state index contributed by atoms with van der Waals surface area (Å²) in [7, 11) is 0. The molecule has 5 aromatic rings. The van der Waals surface area contributed by atoms with Crippen LogP contribution in [-0.2, 0) is 12.8 Å². The van der Waals surface area contributed by atoms with Crippen molar-refractivity contribution in [1.82, 2.24) is 9.78 Å². The Morgan fingerprint density at radius 2 is 1.72 bits per heavy atom. The molecular formula is C28H23N3O. The van der Waals surface area contributed by atoms with Crippen molar-refractivity contribution in [2.75, 3.05) is 0 Å². The Labute approximate surface area is 186 Å². The van der Waals surface area contributed by atoms with Gasteiger partial charge in [-0.3, -0.25) is 4.99 Å². The average molecular weight is 418 g/mol. The number of hydrogen-bond donors (Lipinski definition) is 0. The number of furan rings is 1. The molecule has 4 heteroatoms. The maximum Gasteiger partial charge on any atom is 0.156 e. The highest BCUT2D eigenvalue weighted by molar-refractivity contribution is 5.92. The Bertz CT molecular complexity index is 1390. The van der Waals surface area contributed by atoms with E-state index in [0.29, 0.717) is 0 Å². The second kappa shape index (κ2) is 7.97. The molecule has 0 saturated carbocycles. The zero-order chi connectivity index (χ0) is 21.3. The fraction of sp³-hybridized carbons (Fsp3) is 0.143. The quantitative estimate of drug-likeness (QED) is 0.298. The molecule has 4 nitrogen and oxygen atoms in total. The van der Waals surface area contributed by atoms with Crippen LogP contribution >= 0.6 is 0 Å². The molecule has 2 aromatic heterocycles. The van der Waals surface area contributed by atoms with Gasteiger partial charge in [-0.1, -0.05) is 48.5 Å². The highest BCUT2D eigenvalue weighted by atomic mass is 16.3. The monoisotopic (exact) mass is 417 g/mol. The number of aryl methyl sites for hydroxylation is 1. The van der Waals surface area contributed by atoms with Crippen LogP contribution < -0.4 is 0 Å². The molecule has 0 saturated heterocycles. The summed E-state index contributed by atoms with van der Waals surface area (Å²) in [5.74, 6) is 0.748. The summed E-state index contributed by atoms with van der Waals surface area (Å²) in [6, 6.07) is 26.7. The van der Waals surface area contributed by atoms with Crippen LogP contribution in [0.2, 0.25) is 0 Å². The highest BCUT2D eigenvalue weighted by Gasteiger charge is 2.16. The summed E-state index contributed by atoms with van der Waals surface area (Å²) < 4.78 is 8.04. The van der Waals surface area contributed by atoms with Crippen LogP contribution in [0.1, 0.15) is 29.5 Å². The zero-order valence-electron chi connectivity index (χ0n) is 17.7. The minimum Gasteiger partial charge on any atom is -0.454 e. The third-order valence-electron chi connectivity index (χ3n) is 6.14. The molecule has 0 radical (unpaired) electrons. The van der Waals surface area contributed by atoms with E-state index in [1.807, 2.05) is 65.6 Å². The van der Waals surface area contributed by atoms with Gasteiger partial charge in [0.1, 0.15) is 11.3 Å². The fourth-order valence-corrected chi connectivity index (χ4v) is 4.51. The van der Waals surface area contributed by atoms with Crippen LogP contribution in [0.3, 0.4) is 0 Å². The molecule has 0 amide bonds. The molecular weight excluding hydrogens is 394 g/mol. The topological polar surface area (TPSA) is 43.3 Å². The van der Waals surface area contributed by atoms with Gasteiger partial charge in [0.05, 0.1) is 11.4 Å². The molecule has 1 aliphatic carbocycles. The molecule has 0 bridgehead atoms. The lowest BCUT2D eigenvalue weighted by Crippen LogP contribution is -2.02. The largest absolute Gasteiger partial charge is 0.454 e.